The molecule has 0 amide bonds. The second-order valence-electron chi connectivity index (χ2n) is 4.00. The summed E-state index contributed by atoms with van der Waals surface area (Å²) in [5, 5.41) is 9.58. The van der Waals surface area contributed by atoms with Gasteiger partial charge in [-0.1, -0.05) is 18.7 Å². The van der Waals surface area contributed by atoms with Gasteiger partial charge in [0.15, 0.2) is 6.29 Å². The molecule has 1 unspecified atom stereocenters. The monoisotopic (exact) mass is 264 g/mol. The van der Waals surface area contributed by atoms with Crippen molar-refractivity contribution >= 4 is 12.3 Å². The fourth-order valence-corrected chi connectivity index (χ4v) is 1.24. The Morgan fingerprint density at radius 1 is 1.42 bits per heavy atom. The van der Waals surface area contributed by atoms with Crippen molar-refractivity contribution < 1.29 is 24.2 Å². The molecule has 19 heavy (non-hydrogen) atoms. The molecule has 1 rings (SSSR count). The molecule has 0 aromatic heterocycles. The van der Waals surface area contributed by atoms with Gasteiger partial charge in [-0.05, 0) is 19.1 Å². The summed E-state index contributed by atoms with van der Waals surface area (Å²) in [5.74, 6) is -0.185. The molecular formula is C14H16O5. The van der Waals surface area contributed by atoms with Gasteiger partial charge in [-0.15, -0.1) is 0 Å². The highest BCUT2D eigenvalue weighted by molar-refractivity contribution is 5.86. The molecular weight excluding hydrogens is 248 g/mol. The van der Waals surface area contributed by atoms with E-state index in [1.165, 1.54) is 6.92 Å². The molecule has 0 aliphatic heterocycles. The van der Waals surface area contributed by atoms with Gasteiger partial charge in [0.05, 0.1) is 5.56 Å². The number of aldehydes is 1. The SMILES string of the molecule is C=C(C)C(=O)OCC(O)COc1ccccc1C=O. The first-order valence-electron chi connectivity index (χ1n) is 5.72. The highest BCUT2D eigenvalue weighted by atomic mass is 16.5. The van der Waals surface area contributed by atoms with Gasteiger partial charge in [-0.3, -0.25) is 4.79 Å². The highest BCUT2D eigenvalue weighted by Crippen LogP contribution is 2.15. The number of carbonyl (C=O) groups is 2. The van der Waals surface area contributed by atoms with Crippen LogP contribution in [0.3, 0.4) is 0 Å². The number of benzene rings is 1. The quantitative estimate of drug-likeness (QED) is 0.457. The number of carbonyl (C=O) groups excluding carboxylic acids is 2. The van der Waals surface area contributed by atoms with Crippen molar-refractivity contribution in [3.63, 3.8) is 0 Å². The summed E-state index contributed by atoms with van der Waals surface area (Å²) in [7, 11) is 0. The van der Waals surface area contributed by atoms with E-state index < -0.39 is 12.1 Å². The fourth-order valence-electron chi connectivity index (χ4n) is 1.24. The molecule has 0 bridgehead atoms. The largest absolute Gasteiger partial charge is 0.490 e. The average Bonchev–Trinajstić information content (AvgIpc) is 2.42. The molecule has 1 aromatic rings. The minimum atomic E-state index is -0.969. The Labute approximate surface area is 111 Å². The first-order valence-corrected chi connectivity index (χ1v) is 5.72. The van der Waals surface area contributed by atoms with Crippen LogP contribution in [0.4, 0.5) is 0 Å². The van der Waals surface area contributed by atoms with Crippen LogP contribution in [0.25, 0.3) is 0 Å². The summed E-state index contributed by atoms with van der Waals surface area (Å²) in [6, 6.07) is 6.66. The van der Waals surface area contributed by atoms with Gasteiger partial charge in [0, 0.05) is 5.57 Å². The number of aliphatic hydroxyl groups is 1. The van der Waals surface area contributed by atoms with Gasteiger partial charge in [0.25, 0.3) is 0 Å². The molecule has 0 aliphatic rings. The number of ether oxygens (including phenoxy) is 2. The van der Waals surface area contributed by atoms with Crippen LogP contribution in [0.1, 0.15) is 17.3 Å². The van der Waals surface area contributed by atoms with Crippen LogP contribution in [0.5, 0.6) is 5.75 Å². The van der Waals surface area contributed by atoms with Gasteiger partial charge in [0.1, 0.15) is 25.1 Å². The smallest absolute Gasteiger partial charge is 0.333 e. The van der Waals surface area contributed by atoms with Crippen molar-refractivity contribution in [1.82, 2.24) is 0 Å². The van der Waals surface area contributed by atoms with Crippen molar-refractivity contribution in [1.29, 1.82) is 0 Å². The standard InChI is InChI=1S/C14H16O5/c1-10(2)14(17)19-9-12(16)8-18-13-6-4-3-5-11(13)7-15/h3-7,12,16H,1,8-9H2,2H3. The minimum absolute atomic E-state index is 0.0751. The number of rotatable bonds is 7. The third-order valence-electron chi connectivity index (χ3n) is 2.23. The lowest BCUT2D eigenvalue weighted by atomic mass is 10.2. The van der Waals surface area contributed by atoms with E-state index in [-0.39, 0.29) is 18.8 Å². The van der Waals surface area contributed by atoms with E-state index >= 15 is 0 Å². The predicted octanol–water partition coefficient (Wildman–Crippen LogP) is 1.36. The highest BCUT2D eigenvalue weighted by Gasteiger charge is 2.11. The van der Waals surface area contributed by atoms with Gasteiger partial charge in [-0.25, -0.2) is 4.79 Å². The third kappa shape index (κ3) is 4.93. The summed E-state index contributed by atoms with van der Waals surface area (Å²) in [6.07, 6.45) is -0.300. The molecule has 0 saturated heterocycles. The Bertz CT molecular complexity index is 467. The molecule has 1 aromatic carbocycles. The number of hydrogen-bond donors (Lipinski definition) is 1. The fraction of sp³-hybridized carbons (Fsp3) is 0.286. The van der Waals surface area contributed by atoms with Crippen LogP contribution in [0.15, 0.2) is 36.4 Å². The van der Waals surface area contributed by atoms with Crippen molar-refractivity contribution in [2.24, 2.45) is 0 Å². The summed E-state index contributed by atoms with van der Waals surface area (Å²) in [4.78, 5) is 21.8. The Balaban J connectivity index is 2.41. The van der Waals surface area contributed by atoms with Crippen molar-refractivity contribution in [3.05, 3.63) is 42.0 Å². The molecule has 0 radical (unpaired) electrons. The Hall–Kier alpha value is -2.14. The molecule has 5 heteroatoms. The molecule has 0 saturated carbocycles. The number of para-hydroxylation sites is 1. The van der Waals surface area contributed by atoms with Crippen LogP contribution in [0, 0.1) is 0 Å². The second-order valence-corrected chi connectivity index (χ2v) is 4.00. The Morgan fingerprint density at radius 2 is 2.11 bits per heavy atom. The van der Waals surface area contributed by atoms with Gasteiger partial charge in [0.2, 0.25) is 0 Å². The zero-order valence-corrected chi connectivity index (χ0v) is 10.7. The third-order valence-corrected chi connectivity index (χ3v) is 2.23. The number of esters is 1. The molecule has 1 atom stereocenters. The summed E-state index contributed by atoms with van der Waals surface area (Å²) < 4.78 is 10.1. The van der Waals surface area contributed by atoms with Crippen molar-refractivity contribution in [2.75, 3.05) is 13.2 Å². The molecule has 1 N–H and O–H groups in total. The first kappa shape index (κ1) is 14.9. The Kier molecular flexibility index (Phi) is 5.75. The van der Waals surface area contributed by atoms with E-state index in [1.54, 1.807) is 24.3 Å². The molecule has 0 heterocycles. The van der Waals surface area contributed by atoms with E-state index in [0.29, 0.717) is 17.6 Å². The van der Waals surface area contributed by atoms with E-state index in [2.05, 4.69) is 6.58 Å². The second kappa shape index (κ2) is 7.33. The molecule has 0 aliphatic carbocycles. The lowest BCUT2D eigenvalue weighted by Gasteiger charge is -2.13. The van der Waals surface area contributed by atoms with Crippen molar-refractivity contribution in [3.8, 4) is 5.75 Å². The molecule has 5 nitrogen and oxygen atoms in total. The topological polar surface area (TPSA) is 72.8 Å². The summed E-state index contributed by atoms with van der Waals surface area (Å²) >= 11 is 0. The van der Waals surface area contributed by atoms with Crippen LogP contribution in [-0.2, 0) is 9.53 Å². The zero-order chi connectivity index (χ0) is 14.3. The molecule has 102 valence electrons. The zero-order valence-electron chi connectivity index (χ0n) is 10.7. The number of hydrogen-bond acceptors (Lipinski definition) is 5. The maximum Gasteiger partial charge on any atom is 0.333 e. The summed E-state index contributed by atoms with van der Waals surface area (Å²) in [5.41, 5.74) is 0.660. The van der Waals surface area contributed by atoms with Crippen LogP contribution in [-0.4, -0.2) is 36.7 Å². The first-order chi connectivity index (χ1) is 9.04. The normalized spacial score (nSPS) is 11.5. The number of aliphatic hydroxyl groups excluding tert-OH is 1. The maximum atomic E-state index is 11.1. The van der Waals surface area contributed by atoms with Gasteiger partial charge in [-0.2, -0.15) is 0 Å². The van der Waals surface area contributed by atoms with Gasteiger partial charge < -0.3 is 14.6 Å². The average molecular weight is 264 g/mol. The minimum Gasteiger partial charge on any atom is -0.490 e. The van der Waals surface area contributed by atoms with E-state index in [1.807, 2.05) is 0 Å². The van der Waals surface area contributed by atoms with Crippen LogP contribution in [0.2, 0.25) is 0 Å². The van der Waals surface area contributed by atoms with Crippen molar-refractivity contribution in [2.45, 2.75) is 13.0 Å². The van der Waals surface area contributed by atoms with Crippen LogP contribution >= 0.6 is 0 Å². The van der Waals surface area contributed by atoms with Crippen LogP contribution < -0.4 is 4.74 Å². The van der Waals surface area contributed by atoms with E-state index in [4.69, 9.17) is 9.47 Å². The van der Waals surface area contributed by atoms with E-state index in [9.17, 15) is 14.7 Å². The lowest BCUT2D eigenvalue weighted by molar-refractivity contribution is -0.142. The van der Waals surface area contributed by atoms with Gasteiger partial charge >= 0.3 is 5.97 Å². The summed E-state index contributed by atoms with van der Waals surface area (Å²) in [6.45, 7) is 4.68. The predicted molar refractivity (Wildman–Crippen MR) is 69.1 cm³/mol. The van der Waals surface area contributed by atoms with E-state index in [0.717, 1.165) is 0 Å². The maximum absolute atomic E-state index is 11.1. The lowest BCUT2D eigenvalue weighted by Crippen LogP contribution is -2.25. The molecule has 0 fully saturated rings. The Morgan fingerprint density at radius 3 is 2.74 bits per heavy atom. The molecule has 0 spiro atoms.